The number of nitrogens with zero attached hydrogens (tertiary/aromatic N) is 1. The van der Waals surface area contributed by atoms with Crippen molar-refractivity contribution in [1.29, 1.82) is 0 Å². The van der Waals surface area contributed by atoms with Crippen molar-refractivity contribution in [3.8, 4) is 0 Å². The second-order valence-corrected chi connectivity index (χ2v) is 7.99. The summed E-state index contributed by atoms with van der Waals surface area (Å²) >= 11 is 1.90. The van der Waals surface area contributed by atoms with E-state index in [1.807, 2.05) is 11.8 Å². The van der Waals surface area contributed by atoms with Crippen LogP contribution in [0.5, 0.6) is 0 Å². The molecule has 0 aromatic heterocycles. The Hall–Kier alpha value is -2.04. The summed E-state index contributed by atoms with van der Waals surface area (Å²) in [6.45, 7) is 2.59. The van der Waals surface area contributed by atoms with Crippen LogP contribution in [0.15, 0.2) is 59.5 Å². The molecular weight excluding hydrogens is 342 g/mol. The van der Waals surface area contributed by atoms with Gasteiger partial charge in [0.15, 0.2) is 0 Å². The first-order valence-corrected chi connectivity index (χ1v) is 10.2. The molecule has 1 saturated heterocycles. The summed E-state index contributed by atoms with van der Waals surface area (Å²) < 4.78 is 0. The highest BCUT2D eigenvalue weighted by Crippen LogP contribution is 2.39. The fourth-order valence-corrected chi connectivity index (χ4v) is 4.90. The summed E-state index contributed by atoms with van der Waals surface area (Å²) in [6, 6.07) is 17.3. The Labute approximate surface area is 158 Å². The molecule has 2 aliphatic rings. The maximum atomic E-state index is 11.1. The molecule has 4 rings (SSSR count). The van der Waals surface area contributed by atoms with Gasteiger partial charge in [-0.2, -0.15) is 0 Å². The molecule has 1 fully saturated rings. The van der Waals surface area contributed by atoms with E-state index in [2.05, 4.69) is 59.5 Å². The lowest BCUT2D eigenvalue weighted by atomic mass is 9.93. The Morgan fingerprint density at radius 3 is 2.54 bits per heavy atom. The lowest BCUT2D eigenvalue weighted by Gasteiger charge is -2.29. The van der Waals surface area contributed by atoms with Crippen molar-refractivity contribution in [3.05, 3.63) is 71.3 Å². The van der Waals surface area contributed by atoms with E-state index < -0.39 is 5.97 Å². The predicted octanol–water partition coefficient (Wildman–Crippen LogP) is 4.52. The Morgan fingerprint density at radius 1 is 1.08 bits per heavy atom. The molecule has 1 N–H and O–H groups in total. The van der Waals surface area contributed by atoms with Gasteiger partial charge in [-0.1, -0.05) is 48.5 Å². The van der Waals surface area contributed by atoms with Gasteiger partial charge in [-0.3, -0.25) is 9.69 Å². The average Bonchev–Trinajstić information content (AvgIpc) is 2.84. The number of carboxylic acids is 1. The first kappa shape index (κ1) is 17.4. The van der Waals surface area contributed by atoms with E-state index in [0.717, 1.165) is 38.2 Å². The van der Waals surface area contributed by atoms with Gasteiger partial charge >= 0.3 is 5.97 Å². The van der Waals surface area contributed by atoms with Crippen LogP contribution >= 0.6 is 11.8 Å². The van der Waals surface area contributed by atoms with E-state index >= 15 is 0 Å². The molecule has 0 saturated carbocycles. The zero-order valence-corrected chi connectivity index (χ0v) is 15.5. The summed E-state index contributed by atoms with van der Waals surface area (Å²) in [7, 11) is 0. The van der Waals surface area contributed by atoms with E-state index in [-0.39, 0.29) is 5.92 Å². The van der Waals surface area contributed by atoms with Crippen LogP contribution in [0.2, 0.25) is 0 Å². The van der Waals surface area contributed by atoms with Crippen LogP contribution in [0.1, 0.15) is 29.5 Å². The number of aliphatic carboxylic acids is 1. The van der Waals surface area contributed by atoms with Gasteiger partial charge in [0, 0.05) is 17.2 Å². The van der Waals surface area contributed by atoms with Crippen molar-refractivity contribution in [3.63, 3.8) is 0 Å². The molecule has 4 heteroatoms. The molecule has 0 aliphatic carbocycles. The standard InChI is InChI=1S/C22H23NO2S/c24-22(25)16-9-12-23(13-10-16)14-11-19-18-6-2-1-5-17(18)15-26-21-8-4-3-7-20(19)21/h1-8,11,16H,9-10,12-15H2,(H,24,25)/b19-11-. The summed E-state index contributed by atoms with van der Waals surface area (Å²) in [5.74, 6) is 0.176. The van der Waals surface area contributed by atoms with Gasteiger partial charge in [0.05, 0.1) is 5.92 Å². The number of piperidine rings is 1. The Balaban J connectivity index is 1.61. The molecule has 2 aromatic carbocycles. The van der Waals surface area contributed by atoms with Gasteiger partial charge in [0.2, 0.25) is 0 Å². The van der Waals surface area contributed by atoms with Gasteiger partial charge in [-0.25, -0.2) is 0 Å². The second kappa shape index (κ2) is 7.68. The molecule has 2 aliphatic heterocycles. The van der Waals surface area contributed by atoms with Crippen LogP contribution in [-0.4, -0.2) is 35.6 Å². The molecule has 26 heavy (non-hydrogen) atoms. The van der Waals surface area contributed by atoms with E-state index in [4.69, 9.17) is 0 Å². The summed E-state index contributed by atoms with van der Waals surface area (Å²) in [4.78, 5) is 14.8. The van der Waals surface area contributed by atoms with Gasteiger partial charge in [0.25, 0.3) is 0 Å². The third kappa shape index (κ3) is 3.57. The van der Waals surface area contributed by atoms with Gasteiger partial charge in [-0.15, -0.1) is 11.8 Å². The molecule has 3 nitrogen and oxygen atoms in total. The highest BCUT2D eigenvalue weighted by Gasteiger charge is 2.24. The largest absolute Gasteiger partial charge is 0.481 e. The number of fused-ring (bicyclic) bond motifs is 2. The van der Waals surface area contributed by atoms with Crippen LogP contribution in [0.4, 0.5) is 0 Å². The number of thioether (sulfide) groups is 1. The highest BCUT2D eigenvalue weighted by molar-refractivity contribution is 7.98. The van der Waals surface area contributed by atoms with E-state index in [9.17, 15) is 9.90 Å². The molecule has 2 aromatic rings. The lowest BCUT2D eigenvalue weighted by molar-refractivity contribution is -0.143. The van der Waals surface area contributed by atoms with Crippen molar-refractivity contribution >= 4 is 23.3 Å². The minimum absolute atomic E-state index is 0.172. The fourth-order valence-electron chi connectivity index (χ4n) is 3.83. The minimum atomic E-state index is -0.647. The third-order valence-corrected chi connectivity index (χ3v) is 6.48. The zero-order chi connectivity index (χ0) is 17.9. The van der Waals surface area contributed by atoms with Crippen molar-refractivity contribution in [2.24, 2.45) is 5.92 Å². The predicted molar refractivity (Wildman–Crippen MR) is 106 cm³/mol. The van der Waals surface area contributed by atoms with Crippen molar-refractivity contribution < 1.29 is 9.90 Å². The Kier molecular flexibility index (Phi) is 5.14. The maximum absolute atomic E-state index is 11.1. The molecule has 0 radical (unpaired) electrons. The van der Waals surface area contributed by atoms with Crippen LogP contribution in [-0.2, 0) is 10.5 Å². The SMILES string of the molecule is O=C(O)C1CCN(C/C=C2/c3ccccc3CSc3ccccc32)CC1. The molecule has 0 amide bonds. The molecule has 0 unspecified atom stereocenters. The number of likely N-dealkylation sites (tertiary alicyclic amines) is 1. The van der Waals surface area contributed by atoms with E-state index in [0.29, 0.717) is 0 Å². The number of rotatable bonds is 3. The maximum Gasteiger partial charge on any atom is 0.306 e. The molecular formula is C22H23NO2S. The van der Waals surface area contributed by atoms with Gasteiger partial charge in [-0.05, 0) is 54.3 Å². The number of hydrogen-bond donors (Lipinski definition) is 1. The molecule has 0 spiro atoms. The smallest absolute Gasteiger partial charge is 0.306 e. The molecule has 134 valence electrons. The van der Waals surface area contributed by atoms with E-state index in [1.165, 1.54) is 27.2 Å². The summed E-state index contributed by atoms with van der Waals surface area (Å²) in [5.41, 5.74) is 5.32. The molecule has 2 heterocycles. The van der Waals surface area contributed by atoms with Gasteiger partial charge in [0.1, 0.15) is 0 Å². The quantitative estimate of drug-likeness (QED) is 0.868. The minimum Gasteiger partial charge on any atom is -0.481 e. The second-order valence-electron chi connectivity index (χ2n) is 6.97. The Morgan fingerprint density at radius 2 is 1.77 bits per heavy atom. The van der Waals surface area contributed by atoms with Crippen LogP contribution in [0.25, 0.3) is 5.57 Å². The number of benzene rings is 2. The topological polar surface area (TPSA) is 40.5 Å². The van der Waals surface area contributed by atoms with Crippen molar-refractivity contribution in [1.82, 2.24) is 4.90 Å². The van der Waals surface area contributed by atoms with Crippen molar-refractivity contribution in [2.75, 3.05) is 19.6 Å². The van der Waals surface area contributed by atoms with Gasteiger partial charge < -0.3 is 5.11 Å². The normalized spacial score (nSPS) is 19.6. The van der Waals surface area contributed by atoms with Crippen LogP contribution in [0, 0.1) is 5.92 Å². The summed E-state index contributed by atoms with van der Waals surface area (Å²) in [5, 5.41) is 9.18. The number of hydrogen-bond acceptors (Lipinski definition) is 3. The first-order valence-electron chi connectivity index (χ1n) is 9.18. The van der Waals surface area contributed by atoms with E-state index in [1.54, 1.807) is 0 Å². The average molecular weight is 365 g/mol. The van der Waals surface area contributed by atoms with Crippen LogP contribution in [0.3, 0.4) is 0 Å². The lowest BCUT2D eigenvalue weighted by Crippen LogP contribution is -2.36. The number of carboxylic acid groups (broad SMARTS) is 1. The molecule has 0 atom stereocenters. The first-order chi connectivity index (χ1) is 12.7. The fraction of sp³-hybridized carbons (Fsp3) is 0.318. The Bertz CT molecular complexity index is 788. The van der Waals surface area contributed by atoms with Crippen LogP contribution < -0.4 is 0 Å². The van der Waals surface area contributed by atoms with Crippen molar-refractivity contribution in [2.45, 2.75) is 23.5 Å². The zero-order valence-electron chi connectivity index (χ0n) is 14.7. The summed E-state index contributed by atoms with van der Waals surface area (Å²) in [6.07, 6.45) is 3.84. The number of carbonyl (C=O) groups is 1. The molecule has 0 bridgehead atoms. The third-order valence-electron chi connectivity index (χ3n) is 5.36. The monoisotopic (exact) mass is 365 g/mol. The highest BCUT2D eigenvalue weighted by atomic mass is 32.2.